The predicted octanol–water partition coefficient (Wildman–Crippen LogP) is 2.91. The van der Waals surface area contributed by atoms with Gasteiger partial charge in [-0.25, -0.2) is 8.42 Å². The van der Waals surface area contributed by atoms with Crippen LogP contribution in [0.2, 0.25) is 5.02 Å². The van der Waals surface area contributed by atoms with Crippen LogP contribution in [-0.4, -0.2) is 38.4 Å². The lowest BCUT2D eigenvalue weighted by atomic mass is 10.1. The van der Waals surface area contributed by atoms with Crippen molar-refractivity contribution >= 4 is 34.0 Å². The molecule has 0 bridgehead atoms. The van der Waals surface area contributed by atoms with Crippen molar-refractivity contribution in [3.05, 3.63) is 29.3 Å². The SMILES string of the molecule is CCCN(C1CCNCC1)S(=O)(=O)c1ccccc1Cl.Cl. The molecule has 0 atom stereocenters. The highest BCUT2D eigenvalue weighted by Gasteiger charge is 2.32. The molecule has 4 nitrogen and oxygen atoms in total. The van der Waals surface area contributed by atoms with Gasteiger partial charge < -0.3 is 5.32 Å². The summed E-state index contributed by atoms with van der Waals surface area (Å²) in [5.41, 5.74) is 0. The van der Waals surface area contributed by atoms with Gasteiger partial charge in [-0.05, 0) is 44.5 Å². The lowest BCUT2D eigenvalue weighted by Gasteiger charge is -2.33. The van der Waals surface area contributed by atoms with E-state index in [2.05, 4.69) is 5.32 Å². The lowest BCUT2D eigenvalue weighted by Crippen LogP contribution is -2.46. The van der Waals surface area contributed by atoms with E-state index in [-0.39, 0.29) is 23.3 Å². The number of hydrogen-bond donors (Lipinski definition) is 1. The number of rotatable bonds is 5. The van der Waals surface area contributed by atoms with Gasteiger partial charge in [-0.15, -0.1) is 12.4 Å². The normalized spacial score (nSPS) is 16.7. The molecule has 7 heteroatoms. The molecule has 1 saturated heterocycles. The molecule has 1 N–H and O–H groups in total. The van der Waals surface area contributed by atoms with Crippen LogP contribution in [0.3, 0.4) is 0 Å². The molecule has 0 unspecified atom stereocenters. The summed E-state index contributed by atoms with van der Waals surface area (Å²) < 4.78 is 27.4. The molecule has 1 aromatic rings. The molecule has 0 aromatic heterocycles. The Balaban J connectivity index is 0.00000220. The van der Waals surface area contributed by atoms with Crippen LogP contribution in [0.25, 0.3) is 0 Å². The van der Waals surface area contributed by atoms with Crippen LogP contribution >= 0.6 is 24.0 Å². The van der Waals surface area contributed by atoms with E-state index in [0.717, 1.165) is 32.4 Å². The first-order valence-electron chi connectivity index (χ1n) is 7.04. The third-order valence-electron chi connectivity index (χ3n) is 3.58. The average Bonchev–Trinajstić information content (AvgIpc) is 2.45. The Morgan fingerprint density at radius 3 is 2.48 bits per heavy atom. The summed E-state index contributed by atoms with van der Waals surface area (Å²) in [5.74, 6) is 0. The second kappa shape index (κ2) is 8.34. The van der Waals surface area contributed by atoms with Crippen molar-refractivity contribution in [1.82, 2.24) is 9.62 Å². The Morgan fingerprint density at radius 2 is 1.90 bits per heavy atom. The Morgan fingerprint density at radius 1 is 1.29 bits per heavy atom. The van der Waals surface area contributed by atoms with Crippen LogP contribution in [0.5, 0.6) is 0 Å². The fraction of sp³-hybridized carbons (Fsp3) is 0.571. The van der Waals surface area contributed by atoms with Crippen molar-refractivity contribution < 1.29 is 8.42 Å². The first-order chi connectivity index (χ1) is 9.57. The molecule has 0 amide bonds. The minimum atomic E-state index is -3.52. The number of piperidine rings is 1. The van der Waals surface area contributed by atoms with Gasteiger partial charge in [0.1, 0.15) is 4.90 Å². The van der Waals surface area contributed by atoms with Crippen molar-refractivity contribution in [1.29, 1.82) is 0 Å². The third-order valence-corrected chi connectivity index (χ3v) is 6.03. The van der Waals surface area contributed by atoms with E-state index in [1.54, 1.807) is 28.6 Å². The Bertz CT molecular complexity index is 546. The first-order valence-corrected chi connectivity index (χ1v) is 8.86. The molecular formula is C14H22Cl2N2O2S. The number of nitrogens with one attached hydrogen (secondary N) is 1. The van der Waals surface area contributed by atoms with E-state index in [0.29, 0.717) is 11.6 Å². The molecule has 0 saturated carbocycles. The van der Waals surface area contributed by atoms with Gasteiger partial charge in [0.2, 0.25) is 10.0 Å². The molecule has 2 rings (SSSR count). The standard InChI is InChI=1S/C14H21ClN2O2S.ClH/c1-2-11-17(12-7-9-16-10-8-12)20(18,19)14-6-4-3-5-13(14)15;/h3-6,12,16H,2,7-11H2,1H3;1H. The van der Waals surface area contributed by atoms with Crippen molar-refractivity contribution in [2.24, 2.45) is 0 Å². The van der Waals surface area contributed by atoms with Gasteiger partial charge in [0.15, 0.2) is 0 Å². The molecule has 120 valence electrons. The molecule has 1 aromatic carbocycles. The van der Waals surface area contributed by atoms with Gasteiger partial charge in [-0.1, -0.05) is 30.7 Å². The van der Waals surface area contributed by atoms with Crippen LogP contribution in [0.4, 0.5) is 0 Å². The molecule has 1 aliphatic heterocycles. The quantitative estimate of drug-likeness (QED) is 0.886. The van der Waals surface area contributed by atoms with Crippen LogP contribution in [0.15, 0.2) is 29.2 Å². The second-order valence-corrected chi connectivity index (χ2v) is 7.29. The fourth-order valence-corrected chi connectivity index (χ4v) is 4.87. The highest BCUT2D eigenvalue weighted by molar-refractivity contribution is 7.89. The maximum Gasteiger partial charge on any atom is 0.244 e. The lowest BCUT2D eigenvalue weighted by molar-refractivity contribution is 0.262. The summed E-state index contributed by atoms with van der Waals surface area (Å²) in [7, 11) is -3.52. The van der Waals surface area contributed by atoms with Gasteiger partial charge in [0, 0.05) is 12.6 Å². The molecular weight excluding hydrogens is 331 g/mol. The summed E-state index contributed by atoms with van der Waals surface area (Å²) in [5, 5.41) is 3.56. The van der Waals surface area contributed by atoms with Gasteiger partial charge in [0.05, 0.1) is 5.02 Å². The van der Waals surface area contributed by atoms with Crippen LogP contribution in [0, 0.1) is 0 Å². The van der Waals surface area contributed by atoms with Gasteiger partial charge >= 0.3 is 0 Å². The van der Waals surface area contributed by atoms with E-state index in [9.17, 15) is 8.42 Å². The van der Waals surface area contributed by atoms with Crippen LogP contribution in [-0.2, 0) is 10.0 Å². The first kappa shape index (κ1) is 18.7. The molecule has 0 aliphatic carbocycles. The van der Waals surface area contributed by atoms with E-state index in [4.69, 9.17) is 11.6 Å². The van der Waals surface area contributed by atoms with Crippen molar-refractivity contribution in [3.63, 3.8) is 0 Å². The molecule has 1 aliphatic rings. The maximum absolute atomic E-state index is 12.9. The number of hydrogen-bond acceptors (Lipinski definition) is 3. The highest BCUT2D eigenvalue weighted by atomic mass is 35.5. The highest BCUT2D eigenvalue weighted by Crippen LogP contribution is 2.27. The Kier molecular flexibility index (Phi) is 7.44. The summed E-state index contributed by atoms with van der Waals surface area (Å²) in [6, 6.07) is 6.74. The topological polar surface area (TPSA) is 49.4 Å². The molecule has 0 spiro atoms. The zero-order valence-electron chi connectivity index (χ0n) is 12.1. The monoisotopic (exact) mass is 352 g/mol. The summed E-state index contributed by atoms with van der Waals surface area (Å²) in [6.45, 7) is 4.26. The predicted molar refractivity (Wildman–Crippen MR) is 88.8 cm³/mol. The summed E-state index contributed by atoms with van der Waals surface area (Å²) >= 11 is 6.07. The molecule has 1 fully saturated rings. The summed E-state index contributed by atoms with van der Waals surface area (Å²) in [6.07, 6.45) is 2.50. The Labute approximate surface area is 138 Å². The minimum Gasteiger partial charge on any atom is -0.317 e. The molecule has 21 heavy (non-hydrogen) atoms. The molecule has 1 heterocycles. The van der Waals surface area contributed by atoms with Gasteiger partial charge in [-0.3, -0.25) is 0 Å². The zero-order valence-corrected chi connectivity index (χ0v) is 14.5. The molecule has 0 radical (unpaired) electrons. The second-order valence-electron chi connectivity index (χ2n) is 5.03. The number of benzene rings is 1. The maximum atomic E-state index is 12.9. The summed E-state index contributed by atoms with van der Waals surface area (Å²) in [4.78, 5) is 0.216. The van der Waals surface area contributed by atoms with Crippen molar-refractivity contribution in [3.8, 4) is 0 Å². The zero-order chi connectivity index (χ0) is 14.6. The van der Waals surface area contributed by atoms with Crippen LogP contribution in [0.1, 0.15) is 26.2 Å². The smallest absolute Gasteiger partial charge is 0.244 e. The van der Waals surface area contributed by atoms with E-state index in [1.807, 2.05) is 6.92 Å². The number of sulfonamides is 1. The minimum absolute atomic E-state index is 0. The van der Waals surface area contributed by atoms with Crippen molar-refractivity contribution in [2.45, 2.75) is 37.1 Å². The van der Waals surface area contributed by atoms with E-state index >= 15 is 0 Å². The van der Waals surface area contributed by atoms with E-state index < -0.39 is 10.0 Å². The largest absolute Gasteiger partial charge is 0.317 e. The fourth-order valence-electron chi connectivity index (χ4n) is 2.59. The van der Waals surface area contributed by atoms with Gasteiger partial charge in [-0.2, -0.15) is 4.31 Å². The number of nitrogens with zero attached hydrogens (tertiary/aromatic N) is 1. The Hall–Kier alpha value is -0.330. The van der Waals surface area contributed by atoms with Crippen LogP contribution < -0.4 is 5.32 Å². The third kappa shape index (κ3) is 4.33. The van der Waals surface area contributed by atoms with Gasteiger partial charge in [0.25, 0.3) is 0 Å². The van der Waals surface area contributed by atoms with Crippen molar-refractivity contribution in [2.75, 3.05) is 19.6 Å². The average molecular weight is 353 g/mol. The number of halogens is 2. The van der Waals surface area contributed by atoms with E-state index in [1.165, 1.54) is 0 Å².